The van der Waals surface area contributed by atoms with E-state index in [2.05, 4.69) is 49.6 Å². The van der Waals surface area contributed by atoms with Gasteiger partial charge in [-0.15, -0.1) is 0 Å². The predicted octanol–water partition coefficient (Wildman–Crippen LogP) is 6.11. The van der Waals surface area contributed by atoms with Gasteiger partial charge in [0.25, 0.3) is 0 Å². The highest BCUT2D eigenvalue weighted by Crippen LogP contribution is 2.62. The summed E-state index contributed by atoms with van der Waals surface area (Å²) in [6.07, 6.45) is 10.5. The zero-order chi connectivity index (χ0) is 18.0. The van der Waals surface area contributed by atoms with E-state index in [0.717, 1.165) is 25.2 Å². The van der Waals surface area contributed by atoms with Crippen LogP contribution in [0.2, 0.25) is 0 Å². The van der Waals surface area contributed by atoms with E-state index in [4.69, 9.17) is 4.52 Å². The lowest BCUT2D eigenvalue weighted by Crippen LogP contribution is -2.57. The Labute approximate surface area is 153 Å². The third kappa shape index (κ3) is 4.43. The van der Waals surface area contributed by atoms with Gasteiger partial charge in [-0.3, -0.25) is 0 Å². The summed E-state index contributed by atoms with van der Waals surface area (Å²) in [4.78, 5) is 0. The van der Waals surface area contributed by atoms with Gasteiger partial charge in [0.2, 0.25) is 0 Å². The van der Waals surface area contributed by atoms with Crippen LogP contribution < -0.4 is 0 Å². The third-order valence-corrected chi connectivity index (χ3v) is 8.02. The fraction of sp³-hybridized carbons (Fsp3) is 0.900. The van der Waals surface area contributed by atoms with Crippen molar-refractivity contribution in [2.24, 2.45) is 22.7 Å². The summed E-state index contributed by atoms with van der Waals surface area (Å²) >= 11 is 0. The van der Waals surface area contributed by atoms with E-state index in [1.54, 1.807) is 0 Å². The second-order valence-electron chi connectivity index (χ2n) is 9.37. The molecule has 2 nitrogen and oxygen atoms in total. The number of hydrogen-bond donors (Lipinski definition) is 1. The Balaban J connectivity index is 2.13. The molecule has 4 heteroatoms. The highest BCUT2D eigenvalue weighted by atomic mass is 32.0. The van der Waals surface area contributed by atoms with Gasteiger partial charge in [-0.2, -0.15) is 0 Å². The quantitative estimate of drug-likeness (QED) is 0.346. The largest absolute Gasteiger partial charge is 0.390 e. The Morgan fingerprint density at radius 1 is 1.25 bits per heavy atom. The summed E-state index contributed by atoms with van der Waals surface area (Å²) in [5.74, 6) is 1.14. The maximum absolute atomic E-state index is 11.2. The molecular formula is C20H38O2P2. The van der Waals surface area contributed by atoms with Crippen molar-refractivity contribution in [2.45, 2.75) is 85.2 Å². The van der Waals surface area contributed by atoms with Gasteiger partial charge < -0.3 is 9.63 Å². The molecule has 2 fully saturated rings. The Morgan fingerprint density at radius 3 is 2.62 bits per heavy atom. The van der Waals surface area contributed by atoms with Gasteiger partial charge in [-0.25, -0.2) is 0 Å². The Morgan fingerprint density at radius 2 is 1.96 bits per heavy atom. The van der Waals surface area contributed by atoms with Crippen LogP contribution in [0.15, 0.2) is 11.6 Å². The molecule has 0 aliphatic heterocycles. The average Bonchev–Trinajstić information content (AvgIpc) is 2.45. The number of fused-ring (bicyclic) bond motifs is 1. The van der Waals surface area contributed by atoms with Crippen LogP contribution in [0, 0.1) is 22.7 Å². The topological polar surface area (TPSA) is 29.5 Å². The van der Waals surface area contributed by atoms with Crippen molar-refractivity contribution in [1.29, 1.82) is 0 Å². The highest BCUT2D eigenvalue weighted by Gasteiger charge is 2.57. The van der Waals surface area contributed by atoms with Crippen LogP contribution in [0.4, 0.5) is 0 Å². The molecule has 2 aliphatic carbocycles. The minimum absolute atomic E-state index is 0.279. The van der Waals surface area contributed by atoms with E-state index < -0.39 is 5.60 Å². The maximum atomic E-state index is 11.2. The molecule has 1 N–H and O–H groups in total. The number of allylic oxidation sites excluding steroid dienone is 1. The summed E-state index contributed by atoms with van der Waals surface area (Å²) in [5, 5.41) is 11.2. The molecule has 0 amide bonds. The SMILES string of the molecule is C/C(=C/COPP)CC[C@@H]1C(C)(O)CCC2C(C)(C)CCC[C@]21C. The van der Waals surface area contributed by atoms with E-state index in [-0.39, 0.29) is 5.41 Å². The predicted molar refractivity (Wildman–Crippen MR) is 110 cm³/mol. The maximum Gasteiger partial charge on any atom is 0.0693 e. The molecule has 0 spiro atoms. The van der Waals surface area contributed by atoms with E-state index >= 15 is 0 Å². The van der Waals surface area contributed by atoms with Gasteiger partial charge in [0.1, 0.15) is 0 Å². The third-order valence-electron chi connectivity index (χ3n) is 7.19. The van der Waals surface area contributed by atoms with Gasteiger partial charge in [0.05, 0.1) is 12.2 Å². The van der Waals surface area contributed by atoms with Crippen LogP contribution in [0.25, 0.3) is 0 Å². The van der Waals surface area contributed by atoms with Gasteiger partial charge in [-0.1, -0.05) is 47.8 Å². The first-order valence-electron chi connectivity index (χ1n) is 9.59. The lowest BCUT2D eigenvalue weighted by molar-refractivity contribution is -0.168. The Bertz CT molecular complexity index is 459. The second kappa shape index (κ2) is 8.04. The first-order chi connectivity index (χ1) is 11.1. The van der Waals surface area contributed by atoms with E-state index in [0.29, 0.717) is 26.4 Å². The van der Waals surface area contributed by atoms with Crippen molar-refractivity contribution < 1.29 is 9.63 Å². The van der Waals surface area contributed by atoms with E-state index in [9.17, 15) is 5.11 Å². The van der Waals surface area contributed by atoms with Crippen LogP contribution in [0.3, 0.4) is 0 Å². The van der Waals surface area contributed by atoms with Crippen molar-refractivity contribution in [3.63, 3.8) is 0 Å². The van der Waals surface area contributed by atoms with Crippen LogP contribution in [0.1, 0.15) is 79.6 Å². The molecule has 140 valence electrons. The molecule has 0 heterocycles. The minimum atomic E-state index is -0.517. The van der Waals surface area contributed by atoms with Crippen LogP contribution in [-0.4, -0.2) is 17.3 Å². The highest BCUT2D eigenvalue weighted by molar-refractivity contribution is 8.00. The number of hydrogen-bond acceptors (Lipinski definition) is 2. The van der Waals surface area contributed by atoms with Crippen molar-refractivity contribution >= 4 is 17.4 Å². The first-order valence-corrected chi connectivity index (χ1v) is 12.3. The number of aliphatic hydroxyl groups is 1. The smallest absolute Gasteiger partial charge is 0.0693 e. The lowest BCUT2D eigenvalue weighted by Gasteiger charge is -2.61. The van der Waals surface area contributed by atoms with E-state index in [1.807, 2.05) is 0 Å². The fourth-order valence-electron chi connectivity index (χ4n) is 5.97. The molecule has 0 bridgehead atoms. The average molecular weight is 372 g/mol. The van der Waals surface area contributed by atoms with Crippen molar-refractivity contribution in [1.82, 2.24) is 0 Å². The molecule has 0 aromatic carbocycles. The molecule has 0 radical (unpaired) electrons. The standard InChI is InChI=1S/C20H38O2P2/c1-15(10-14-22-24-23)7-8-17-19(4)12-6-11-18(2,3)16(19)9-13-20(17,5)21/h10,16-17,21,24H,6-9,11-14,23H2,1-5H3/b15-10-/t16?,17-,19+,20?/m0/s1. The monoisotopic (exact) mass is 372 g/mol. The van der Waals surface area contributed by atoms with Crippen molar-refractivity contribution in [3.05, 3.63) is 11.6 Å². The second-order valence-corrected chi connectivity index (χ2v) is 10.6. The van der Waals surface area contributed by atoms with Crippen LogP contribution in [0.5, 0.6) is 0 Å². The Kier molecular flexibility index (Phi) is 6.98. The van der Waals surface area contributed by atoms with Crippen LogP contribution >= 0.6 is 17.4 Å². The van der Waals surface area contributed by atoms with Crippen LogP contribution in [-0.2, 0) is 4.52 Å². The molecule has 2 saturated carbocycles. The van der Waals surface area contributed by atoms with Gasteiger partial charge in [0, 0.05) is 8.50 Å². The lowest BCUT2D eigenvalue weighted by atomic mass is 9.45. The molecular weight excluding hydrogens is 334 g/mol. The van der Waals surface area contributed by atoms with Gasteiger partial charge in [0.15, 0.2) is 0 Å². The molecule has 6 atom stereocenters. The molecule has 0 saturated heterocycles. The zero-order valence-electron chi connectivity index (χ0n) is 16.3. The molecule has 0 aromatic rings. The summed E-state index contributed by atoms with van der Waals surface area (Å²) in [5.41, 5.74) is 1.58. The molecule has 2 aliphatic rings. The summed E-state index contributed by atoms with van der Waals surface area (Å²) < 4.78 is 5.43. The molecule has 0 aromatic heterocycles. The fourth-order valence-corrected chi connectivity index (χ4v) is 6.44. The van der Waals surface area contributed by atoms with E-state index in [1.165, 1.54) is 31.3 Å². The molecule has 4 unspecified atom stereocenters. The normalized spacial score (nSPS) is 40.0. The van der Waals surface area contributed by atoms with Gasteiger partial charge >= 0.3 is 0 Å². The first kappa shape index (κ1) is 20.8. The summed E-state index contributed by atoms with van der Waals surface area (Å²) in [6, 6.07) is 0. The van der Waals surface area contributed by atoms with Crippen molar-refractivity contribution in [2.75, 3.05) is 6.61 Å². The molecule has 24 heavy (non-hydrogen) atoms. The summed E-state index contributed by atoms with van der Waals surface area (Å²) in [7, 11) is 3.10. The Hall–Kier alpha value is 0.520. The zero-order valence-corrected chi connectivity index (χ0v) is 18.5. The minimum Gasteiger partial charge on any atom is -0.390 e. The summed E-state index contributed by atoms with van der Waals surface area (Å²) in [6.45, 7) is 12.4. The van der Waals surface area contributed by atoms with Crippen molar-refractivity contribution in [3.8, 4) is 0 Å². The van der Waals surface area contributed by atoms with Gasteiger partial charge in [-0.05, 0) is 75.0 Å². The molecule has 2 rings (SSSR count). The number of rotatable bonds is 6.